The quantitative estimate of drug-likeness (QED) is 0.909. The number of carbonyl (C=O) groups is 1. The van der Waals surface area contributed by atoms with E-state index in [2.05, 4.69) is 42.9 Å². The lowest BCUT2D eigenvalue weighted by molar-refractivity contribution is -0.128. The number of carbonyl (C=O) groups excluding carboxylic acids is 1. The second-order valence-electron chi connectivity index (χ2n) is 6.72. The van der Waals surface area contributed by atoms with Crippen LogP contribution in [0.3, 0.4) is 0 Å². The smallest absolute Gasteiger partial charge is 0.224 e. The zero-order valence-electron chi connectivity index (χ0n) is 13.3. The summed E-state index contributed by atoms with van der Waals surface area (Å²) in [5.41, 5.74) is 1.13. The first kappa shape index (κ1) is 15.0. The number of likely N-dealkylation sites (tertiary alicyclic amines) is 1. The fourth-order valence-electron chi connectivity index (χ4n) is 3.09. The second-order valence-corrected chi connectivity index (χ2v) is 7.79. The van der Waals surface area contributed by atoms with Gasteiger partial charge in [-0.2, -0.15) is 0 Å². The summed E-state index contributed by atoms with van der Waals surface area (Å²) in [5.74, 6) is 0.805. The van der Waals surface area contributed by atoms with Gasteiger partial charge in [-0.05, 0) is 26.7 Å². The van der Waals surface area contributed by atoms with Gasteiger partial charge in [0.05, 0.1) is 10.7 Å². The predicted molar refractivity (Wildman–Crippen MR) is 85.6 cm³/mol. The minimum Gasteiger partial charge on any atom is -0.338 e. The summed E-state index contributed by atoms with van der Waals surface area (Å²) in [7, 11) is 0. The van der Waals surface area contributed by atoms with Crippen LogP contribution in [0.15, 0.2) is 0 Å². The first-order valence-corrected chi connectivity index (χ1v) is 8.80. The van der Waals surface area contributed by atoms with Crippen molar-refractivity contribution in [3.05, 3.63) is 15.6 Å². The molecule has 2 heterocycles. The lowest BCUT2D eigenvalue weighted by Gasteiger charge is -2.19. The Kier molecular flexibility index (Phi) is 4.06. The van der Waals surface area contributed by atoms with Crippen LogP contribution in [0, 0.1) is 6.92 Å². The molecule has 5 heteroatoms. The average molecular weight is 307 g/mol. The van der Waals surface area contributed by atoms with E-state index >= 15 is 0 Å². The van der Waals surface area contributed by atoms with Crippen LogP contribution in [-0.4, -0.2) is 34.4 Å². The largest absolute Gasteiger partial charge is 0.338 e. The van der Waals surface area contributed by atoms with Gasteiger partial charge in [0.25, 0.3) is 0 Å². The maximum atomic E-state index is 12.0. The number of hydrogen-bond donors (Lipinski definition) is 1. The van der Waals surface area contributed by atoms with Crippen LogP contribution in [-0.2, 0) is 4.79 Å². The number of rotatable bonds is 5. The minimum atomic E-state index is 0.270. The van der Waals surface area contributed by atoms with Crippen LogP contribution >= 0.6 is 11.3 Å². The Balaban J connectivity index is 1.63. The summed E-state index contributed by atoms with van der Waals surface area (Å²) in [6.07, 6.45) is 3.04. The third-order valence-corrected chi connectivity index (χ3v) is 6.01. The van der Waals surface area contributed by atoms with Gasteiger partial charge >= 0.3 is 0 Å². The summed E-state index contributed by atoms with van der Waals surface area (Å²) >= 11 is 1.81. The van der Waals surface area contributed by atoms with Crippen molar-refractivity contribution in [2.75, 3.05) is 6.54 Å². The van der Waals surface area contributed by atoms with Gasteiger partial charge in [0.1, 0.15) is 0 Å². The molecule has 1 aromatic rings. The Morgan fingerprint density at radius 2 is 2.05 bits per heavy atom. The maximum absolute atomic E-state index is 12.0. The number of aryl methyl sites for hydroxylation is 1. The lowest BCUT2D eigenvalue weighted by atomic mass is 10.2. The molecule has 4 nitrogen and oxygen atoms in total. The third-order valence-electron chi connectivity index (χ3n) is 4.37. The molecule has 1 aliphatic heterocycles. The van der Waals surface area contributed by atoms with Gasteiger partial charge in [-0.15, -0.1) is 11.3 Å². The van der Waals surface area contributed by atoms with Crippen LogP contribution in [0.5, 0.6) is 0 Å². The molecule has 116 valence electrons. The van der Waals surface area contributed by atoms with Crippen molar-refractivity contribution in [1.82, 2.24) is 15.2 Å². The summed E-state index contributed by atoms with van der Waals surface area (Å²) in [6.45, 7) is 9.52. The number of amides is 1. The molecule has 0 unspecified atom stereocenters. The van der Waals surface area contributed by atoms with Crippen LogP contribution in [0.1, 0.15) is 67.6 Å². The van der Waals surface area contributed by atoms with E-state index < -0.39 is 0 Å². The normalized spacial score (nSPS) is 24.1. The molecule has 1 aliphatic carbocycles. The van der Waals surface area contributed by atoms with Crippen LogP contribution < -0.4 is 5.32 Å². The first-order chi connectivity index (χ1) is 9.95. The van der Waals surface area contributed by atoms with Crippen molar-refractivity contribution in [3.8, 4) is 0 Å². The number of thiazole rings is 1. The fraction of sp³-hybridized carbons (Fsp3) is 0.750. The van der Waals surface area contributed by atoms with E-state index in [1.807, 2.05) is 11.3 Å². The van der Waals surface area contributed by atoms with Crippen molar-refractivity contribution in [1.29, 1.82) is 0 Å². The molecule has 3 rings (SSSR count). The molecule has 1 amide bonds. The highest BCUT2D eigenvalue weighted by atomic mass is 32.1. The molecular weight excluding hydrogens is 282 g/mol. The van der Waals surface area contributed by atoms with E-state index in [9.17, 15) is 4.79 Å². The van der Waals surface area contributed by atoms with Crippen LogP contribution in [0.4, 0.5) is 0 Å². The molecule has 1 aromatic heterocycles. The molecule has 1 saturated carbocycles. The van der Waals surface area contributed by atoms with Gasteiger partial charge < -0.3 is 10.2 Å². The second kappa shape index (κ2) is 5.69. The highest BCUT2D eigenvalue weighted by molar-refractivity contribution is 7.11. The Hall–Kier alpha value is -0.940. The molecule has 2 fully saturated rings. The zero-order chi connectivity index (χ0) is 15.1. The van der Waals surface area contributed by atoms with Gasteiger partial charge in [-0.25, -0.2) is 4.98 Å². The van der Waals surface area contributed by atoms with Crippen LogP contribution in [0.2, 0.25) is 0 Å². The van der Waals surface area contributed by atoms with Gasteiger partial charge in [0, 0.05) is 41.9 Å². The molecule has 0 bridgehead atoms. The predicted octanol–water partition coefficient (Wildman–Crippen LogP) is 2.99. The van der Waals surface area contributed by atoms with Crippen LogP contribution in [0.25, 0.3) is 0 Å². The summed E-state index contributed by atoms with van der Waals surface area (Å²) < 4.78 is 0. The number of hydrogen-bond acceptors (Lipinski definition) is 4. The van der Waals surface area contributed by atoms with Crippen molar-refractivity contribution in [3.63, 3.8) is 0 Å². The SMILES string of the molecule is Cc1nc(C(C)C)sc1[C@H](C)N[C@H]1CC(=O)N(C2CC2)C1. The first-order valence-electron chi connectivity index (χ1n) is 7.98. The fourth-order valence-corrected chi connectivity index (χ4v) is 4.17. The van der Waals surface area contributed by atoms with Crippen molar-refractivity contribution < 1.29 is 4.79 Å². The Morgan fingerprint density at radius 1 is 1.33 bits per heavy atom. The Bertz CT molecular complexity index is 536. The van der Waals surface area contributed by atoms with E-state index in [0.717, 1.165) is 12.2 Å². The van der Waals surface area contributed by atoms with Crippen molar-refractivity contribution in [2.45, 2.75) is 71.0 Å². The molecule has 1 saturated heterocycles. The summed E-state index contributed by atoms with van der Waals surface area (Å²) in [5, 5.41) is 4.85. The number of nitrogens with one attached hydrogen (secondary N) is 1. The molecule has 2 aliphatic rings. The summed E-state index contributed by atoms with van der Waals surface area (Å²) in [6, 6.07) is 1.10. The molecule has 0 aromatic carbocycles. The topological polar surface area (TPSA) is 45.2 Å². The molecule has 2 atom stereocenters. The average Bonchev–Trinajstić information content (AvgIpc) is 3.08. The highest BCUT2D eigenvalue weighted by Gasteiger charge is 2.39. The van der Waals surface area contributed by atoms with Crippen molar-refractivity contribution in [2.24, 2.45) is 0 Å². The highest BCUT2D eigenvalue weighted by Crippen LogP contribution is 2.33. The van der Waals surface area contributed by atoms with Gasteiger partial charge in [0.2, 0.25) is 5.91 Å². The minimum absolute atomic E-state index is 0.270. The number of nitrogens with zero attached hydrogens (tertiary/aromatic N) is 2. The van der Waals surface area contributed by atoms with E-state index in [1.165, 1.54) is 22.7 Å². The zero-order valence-corrected chi connectivity index (χ0v) is 14.2. The lowest BCUT2D eigenvalue weighted by Crippen LogP contribution is -2.35. The van der Waals surface area contributed by atoms with Gasteiger partial charge in [-0.3, -0.25) is 4.79 Å². The monoisotopic (exact) mass is 307 g/mol. The van der Waals surface area contributed by atoms with E-state index in [4.69, 9.17) is 0 Å². The van der Waals surface area contributed by atoms with E-state index in [-0.39, 0.29) is 12.1 Å². The summed E-state index contributed by atoms with van der Waals surface area (Å²) in [4.78, 5) is 20.1. The molecule has 21 heavy (non-hydrogen) atoms. The number of aromatic nitrogens is 1. The van der Waals surface area contributed by atoms with E-state index in [1.54, 1.807) is 0 Å². The Morgan fingerprint density at radius 3 is 2.62 bits per heavy atom. The molecular formula is C16H25N3OS. The maximum Gasteiger partial charge on any atom is 0.224 e. The van der Waals surface area contributed by atoms with Crippen molar-refractivity contribution >= 4 is 17.2 Å². The molecule has 0 radical (unpaired) electrons. The molecule has 0 spiro atoms. The Labute approximate surface area is 130 Å². The van der Waals surface area contributed by atoms with Gasteiger partial charge in [0.15, 0.2) is 0 Å². The standard InChI is InChI=1S/C16H25N3OS/c1-9(2)16-18-11(4)15(21-16)10(3)17-12-7-14(20)19(8-12)13-5-6-13/h9-10,12-13,17H,5-8H2,1-4H3/t10-,12-/m0/s1. The third kappa shape index (κ3) is 3.14. The van der Waals surface area contributed by atoms with E-state index in [0.29, 0.717) is 24.3 Å². The van der Waals surface area contributed by atoms with Gasteiger partial charge in [-0.1, -0.05) is 13.8 Å². The molecule has 1 N–H and O–H groups in total.